The van der Waals surface area contributed by atoms with E-state index in [-0.39, 0.29) is 52.9 Å². The van der Waals surface area contributed by atoms with Crippen molar-refractivity contribution in [1.29, 1.82) is 0 Å². The number of aromatic carboxylic acids is 1. The van der Waals surface area contributed by atoms with Crippen LogP contribution in [0.2, 0.25) is 5.82 Å². The lowest BCUT2D eigenvalue weighted by molar-refractivity contribution is -0.308. The summed E-state index contributed by atoms with van der Waals surface area (Å²) < 4.78 is 11.3. The minimum Gasteiger partial charge on any atom is -0.669 e. The smallest absolute Gasteiger partial charge is 0.434 e. The third-order valence-corrected chi connectivity index (χ3v) is 6.63. The van der Waals surface area contributed by atoms with E-state index in [1.807, 2.05) is 0 Å². The van der Waals surface area contributed by atoms with Crippen molar-refractivity contribution in [3.8, 4) is 11.5 Å². The molecular formula is C18H24BN3O7. The van der Waals surface area contributed by atoms with Gasteiger partial charge in [-0.15, -0.1) is 0 Å². The van der Waals surface area contributed by atoms with E-state index >= 15 is 0 Å². The van der Waals surface area contributed by atoms with Gasteiger partial charge in [0.15, 0.2) is 0 Å². The fourth-order valence-corrected chi connectivity index (χ4v) is 4.88. The number of rotatable bonds is 5. The normalized spacial score (nSPS) is 32.5. The van der Waals surface area contributed by atoms with Gasteiger partial charge in [-0.2, -0.15) is 0 Å². The first-order valence-electron chi connectivity index (χ1n) is 9.93. The molecule has 10 nitrogen and oxygen atoms in total. The van der Waals surface area contributed by atoms with Gasteiger partial charge in [-0.25, -0.2) is 9.59 Å². The molecule has 0 radical (unpaired) electrons. The SMILES string of the molecule is [NH3+]C(=O)[C@@H]1C[C@@H](N2CC(Oc3ccc4c(c3C(=O)O)O[B-](O)(O)[C@@H]3C[C@H]43)C2)CN1. The van der Waals surface area contributed by atoms with E-state index in [9.17, 15) is 24.7 Å². The number of hydrogen-bond donors (Lipinski definition) is 5. The molecule has 0 bridgehead atoms. The Kier molecular flexibility index (Phi) is 4.16. The number of ether oxygens (including phenoxy) is 1. The van der Waals surface area contributed by atoms with Crippen LogP contribution in [0.1, 0.15) is 34.7 Å². The standard InChI is InChI=1S/C18H23BN3O7/c20-17(23)13-3-8(5-21-13)22-6-9(7-22)28-14-2-1-10-11-4-12(11)19(26,27)29-16(10)15(14)18(24)25/h1-2,8-9,11-13,21,26-27H,3-7H2,(H2,20,23)(H,24,25)/q-1/p+1/t8-,11-,12-,13+/m1/s1. The number of quaternary nitrogens is 1. The van der Waals surface area contributed by atoms with Crippen LogP contribution in [0.3, 0.4) is 0 Å². The zero-order chi connectivity index (χ0) is 20.5. The number of carbonyl (C=O) groups is 2. The predicted molar refractivity (Wildman–Crippen MR) is 99.4 cm³/mol. The number of amides is 1. The number of nitrogens with zero attached hydrogens (tertiary/aromatic N) is 1. The van der Waals surface area contributed by atoms with Crippen molar-refractivity contribution in [1.82, 2.24) is 10.2 Å². The predicted octanol–water partition coefficient (Wildman–Crippen LogP) is -1.88. The van der Waals surface area contributed by atoms with Crippen molar-refractivity contribution in [2.75, 3.05) is 19.6 Å². The van der Waals surface area contributed by atoms with Gasteiger partial charge in [-0.3, -0.25) is 10.6 Å². The number of carboxylic acids is 1. The molecule has 0 aromatic heterocycles. The molecule has 3 fully saturated rings. The lowest BCUT2D eigenvalue weighted by Gasteiger charge is -2.43. The number of nitrogens with one attached hydrogen (secondary N) is 1. The fourth-order valence-electron chi connectivity index (χ4n) is 4.88. The Morgan fingerprint density at radius 1 is 1.28 bits per heavy atom. The van der Waals surface area contributed by atoms with Crippen LogP contribution in [0.4, 0.5) is 0 Å². The molecule has 1 aromatic carbocycles. The van der Waals surface area contributed by atoms with Crippen LogP contribution in [0, 0.1) is 0 Å². The van der Waals surface area contributed by atoms with Crippen molar-refractivity contribution in [2.45, 2.75) is 42.8 Å². The first-order chi connectivity index (χ1) is 13.7. The van der Waals surface area contributed by atoms with Crippen LogP contribution in [0.5, 0.6) is 11.5 Å². The molecular weight excluding hydrogens is 381 g/mol. The van der Waals surface area contributed by atoms with E-state index in [1.54, 1.807) is 12.1 Å². The van der Waals surface area contributed by atoms with Crippen molar-refractivity contribution in [3.63, 3.8) is 0 Å². The third kappa shape index (κ3) is 3.09. The highest BCUT2D eigenvalue weighted by Gasteiger charge is 2.55. The molecule has 2 saturated heterocycles. The highest BCUT2D eigenvalue weighted by molar-refractivity contribution is 6.62. The van der Waals surface area contributed by atoms with E-state index in [4.69, 9.17) is 9.39 Å². The molecule has 1 amide bonds. The van der Waals surface area contributed by atoms with Crippen LogP contribution in [0.15, 0.2) is 12.1 Å². The largest absolute Gasteiger partial charge is 0.669 e. The zero-order valence-corrected chi connectivity index (χ0v) is 15.8. The maximum atomic E-state index is 11.9. The van der Waals surface area contributed by atoms with Gasteiger partial charge in [-0.1, -0.05) is 18.3 Å². The quantitative estimate of drug-likeness (QED) is 0.354. The second-order valence-corrected chi connectivity index (χ2v) is 8.56. The molecule has 0 unspecified atom stereocenters. The topological polar surface area (TPSA) is 156 Å². The average Bonchev–Trinajstić information content (AvgIpc) is 3.28. The Labute approximate surface area is 166 Å². The maximum absolute atomic E-state index is 11.9. The molecule has 4 aliphatic rings. The lowest BCUT2D eigenvalue weighted by atomic mass is 9.68. The van der Waals surface area contributed by atoms with Crippen LogP contribution >= 0.6 is 0 Å². The van der Waals surface area contributed by atoms with Crippen LogP contribution in [0.25, 0.3) is 0 Å². The van der Waals surface area contributed by atoms with E-state index in [0.29, 0.717) is 38.0 Å². The van der Waals surface area contributed by atoms with Gasteiger partial charge in [0.05, 0.1) is 5.75 Å². The molecule has 3 heterocycles. The van der Waals surface area contributed by atoms with Gasteiger partial charge in [0.1, 0.15) is 23.5 Å². The molecule has 3 aliphatic heterocycles. The van der Waals surface area contributed by atoms with Gasteiger partial charge < -0.3 is 29.9 Å². The van der Waals surface area contributed by atoms with Crippen molar-refractivity contribution in [2.24, 2.45) is 0 Å². The van der Waals surface area contributed by atoms with E-state index in [1.165, 1.54) is 0 Å². The summed E-state index contributed by atoms with van der Waals surface area (Å²) in [5, 5.41) is 33.1. The number of carboxylic acid groups (broad SMARTS) is 1. The number of carbonyl (C=O) groups excluding carboxylic acids is 1. The molecule has 11 heteroatoms. The first-order valence-corrected chi connectivity index (χ1v) is 9.93. The van der Waals surface area contributed by atoms with E-state index in [0.717, 1.165) is 0 Å². The Morgan fingerprint density at radius 3 is 2.69 bits per heavy atom. The molecule has 1 saturated carbocycles. The second-order valence-electron chi connectivity index (χ2n) is 8.56. The molecule has 0 spiro atoms. The Morgan fingerprint density at radius 2 is 2.03 bits per heavy atom. The number of fused-ring (bicyclic) bond motifs is 3. The summed E-state index contributed by atoms with van der Waals surface area (Å²) in [6, 6.07) is 3.42. The van der Waals surface area contributed by atoms with Gasteiger partial charge >= 0.3 is 18.6 Å². The maximum Gasteiger partial charge on any atom is 0.434 e. The van der Waals surface area contributed by atoms with E-state index < -0.39 is 12.7 Å². The summed E-state index contributed by atoms with van der Waals surface area (Å²) in [7, 11) is 0. The summed E-state index contributed by atoms with van der Waals surface area (Å²) in [5.74, 6) is -1.61. The summed E-state index contributed by atoms with van der Waals surface area (Å²) in [6.45, 7) is -1.09. The zero-order valence-electron chi connectivity index (χ0n) is 15.8. The summed E-state index contributed by atoms with van der Waals surface area (Å²) in [5.41, 5.74) is 3.99. The summed E-state index contributed by atoms with van der Waals surface area (Å²) >= 11 is 0. The van der Waals surface area contributed by atoms with Crippen molar-refractivity contribution >= 4 is 18.6 Å². The molecule has 1 aromatic rings. The van der Waals surface area contributed by atoms with Gasteiger partial charge in [0.25, 0.3) is 0 Å². The monoisotopic (exact) mass is 405 g/mol. The Balaban J connectivity index is 1.30. The van der Waals surface area contributed by atoms with Gasteiger partial charge in [0, 0.05) is 25.7 Å². The van der Waals surface area contributed by atoms with Crippen LogP contribution in [-0.2, 0) is 4.79 Å². The summed E-state index contributed by atoms with van der Waals surface area (Å²) in [4.78, 5) is 25.5. The molecule has 7 N–H and O–H groups in total. The van der Waals surface area contributed by atoms with Crippen LogP contribution < -0.4 is 20.4 Å². The van der Waals surface area contributed by atoms with Crippen molar-refractivity contribution in [3.05, 3.63) is 23.3 Å². The molecule has 29 heavy (non-hydrogen) atoms. The Hall–Kier alpha value is -2.18. The highest BCUT2D eigenvalue weighted by Crippen LogP contribution is 2.63. The molecule has 4 atom stereocenters. The second kappa shape index (κ2) is 6.41. The fraction of sp³-hybridized carbons (Fsp3) is 0.556. The minimum absolute atomic E-state index is 0.00622. The van der Waals surface area contributed by atoms with Gasteiger partial charge in [-0.05, 0) is 24.0 Å². The number of hydrogen-bond acceptors (Lipinski definition) is 8. The number of likely N-dealkylation sites (tertiary alicyclic amines) is 1. The highest BCUT2D eigenvalue weighted by atomic mass is 16.6. The molecule has 156 valence electrons. The van der Waals surface area contributed by atoms with Crippen LogP contribution in [-0.4, -0.2) is 76.5 Å². The first kappa shape index (κ1) is 18.8. The summed E-state index contributed by atoms with van der Waals surface area (Å²) in [6.07, 6.45) is 1.10. The third-order valence-electron chi connectivity index (χ3n) is 6.63. The minimum atomic E-state index is -3.06. The lowest BCUT2D eigenvalue weighted by Crippen LogP contribution is -2.64. The average molecular weight is 405 g/mol. The molecule has 1 aliphatic carbocycles. The van der Waals surface area contributed by atoms with Gasteiger partial charge in [0.2, 0.25) is 0 Å². The van der Waals surface area contributed by atoms with E-state index in [2.05, 4.69) is 16.0 Å². The number of benzene rings is 1. The van der Waals surface area contributed by atoms with Crippen molar-refractivity contribution < 1.29 is 39.9 Å². The molecule has 5 rings (SSSR count). The Bertz CT molecular complexity index is 888.